The monoisotopic (exact) mass is 383 g/mol. The van der Waals surface area contributed by atoms with Gasteiger partial charge in [-0.1, -0.05) is 6.92 Å². The highest BCUT2D eigenvalue weighted by Gasteiger charge is 2.43. The van der Waals surface area contributed by atoms with Gasteiger partial charge in [-0.3, -0.25) is 14.5 Å². The number of nitrogens with one attached hydrogen (secondary N) is 1. The number of nitrogens with zero attached hydrogens (tertiary/aromatic N) is 2. The number of amides is 1. The van der Waals surface area contributed by atoms with Crippen molar-refractivity contribution in [3.05, 3.63) is 33.2 Å². The molecule has 146 valence electrons. The molecule has 3 rings (SSSR count). The highest BCUT2D eigenvalue weighted by molar-refractivity contribution is 5.94. The molecule has 1 aliphatic carbocycles. The SMILES string of the molecule is CCc1c(C)cc(C(=O)N[C@H]2CN(CCO)C[C@@H]2C2CC2)c(=O)n1C.Cl. The number of halogens is 1. The summed E-state index contributed by atoms with van der Waals surface area (Å²) in [5.74, 6) is 0.823. The van der Waals surface area contributed by atoms with Crippen molar-refractivity contribution in [3.63, 3.8) is 0 Å². The summed E-state index contributed by atoms with van der Waals surface area (Å²) in [5.41, 5.74) is 1.94. The third-order valence-electron chi connectivity index (χ3n) is 5.74. The minimum Gasteiger partial charge on any atom is -0.395 e. The van der Waals surface area contributed by atoms with Crippen molar-refractivity contribution in [3.8, 4) is 0 Å². The highest BCUT2D eigenvalue weighted by atomic mass is 35.5. The molecule has 2 heterocycles. The van der Waals surface area contributed by atoms with Gasteiger partial charge in [-0.15, -0.1) is 12.4 Å². The van der Waals surface area contributed by atoms with Crippen LogP contribution in [0.25, 0.3) is 0 Å². The Kier molecular flexibility index (Phi) is 6.88. The van der Waals surface area contributed by atoms with E-state index >= 15 is 0 Å². The molecule has 1 amide bonds. The zero-order chi connectivity index (χ0) is 18.1. The Morgan fingerprint density at radius 3 is 2.62 bits per heavy atom. The average Bonchev–Trinajstić information content (AvgIpc) is 3.34. The minimum absolute atomic E-state index is 0. The van der Waals surface area contributed by atoms with Crippen molar-refractivity contribution in [1.29, 1.82) is 0 Å². The summed E-state index contributed by atoms with van der Waals surface area (Å²) in [5, 5.41) is 12.3. The minimum atomic E-state index is -0.271. The predicted molar refractivity (Wildman–Crippen MR) is 104 cm³/mol. The second-order valence-corrected chi connectivity index (χ2v) is 7.47. The van der Waals surface area contributed by atoms with Gasteiger partial charge in [0, 0.05) is 38.4 Å². The first-order chi connectivity index (χ1) is 12.0. The maximum Gasteiger partial charge on any atom is 0.263 e. The summed E-state index contributed by atoms with van der Waals surface area (Å²) in [6, 6.07) is 1.78. The fraction of sp³-hybridized carbons (Fsp3) is 0.684. The Bertz CT molecular complexity index is 715. The number of hydrogen-bond acceptors (Lipinski definition) is 4. The van der Waals surface area contributed by atoms with Gasteiger partial charge in [-0.25, -0.2) is 0 Å². The molecule has 1 saturated heterocycles. The highest BCUT2D eigenvalue weighted by Crippen LogP contribution is 2.41. The van der Waals surface area contributed by atoms with Gasteiger partial charge < -0.3 is 15.0 Å². The number of aromatic nitrogens is 1. The normalized spacial score (nSPS) is 22.9. The van der Waals surface area contributed by atoms with E-state index in [1.807, 2.05) is 13.8 Å². The van der Waals surface area contributed by atoms with Crippen LogP contribution >= 0.6 is 12.4 Å². The van der Waals surface area contributed by atoms with Gasteiger partial charge in [-0.05, 0) is 49.7 Å². The molecule has 0 radical (unpaired) electrons. The van der Waals surface area contributed by atoms with Crippen LogP contribution < -0.4 is 10.9 Å². The number of aryl methyl sites for hydroxylation is 1. The van der Waals surface area contributed by atoms with Gasteiger partial charge in [0.2, 0.25) is 0 Å². The molecular weight excluding hydrogens is 354 g/mol. The van der Waals surface area contributed by atoms with Crippen molar-refractivity contribution in [1.82, 2.24) is 14.8 Å². The van der Waals surface area contributed by atoms with Gasteiger partial charge in [-0.2, -0.15) is 0 Å². The molecule has 6 nitrogen and oxygen atoms in total. The van der Waals surface area contributed by atoms with Crippen molar-refractivity contribution >= 4 is 18.3 Å². The third-order valence-corrected chi connectivity index (χ3v) is 5.74. The maximum atomic E-state index is 12.8. The quantitative estimate of drug-likeness (QED) is 0.771. The number of carbonyl (C=O) groups excluding carboxylic acids is 1. The van der Waals surface area contributed by atoms with E-state index in [2.05, 4.69) is 10.2 Å². The number of aliphatic hydroxyl groups excluding tert-OH is 1. The summed E-state index contributed by atoms with van der Waals surface area (Å²) in [7, 11) is 1.73. The fourth-order valence-corrected chi connectivity index (χ4v) is 4.25. The van der Waals surface area contributed by atoms with Crippen molar-refractivity contribution < 1.29 is 9.90 Å². The van der Waals surface area contributed by atoms with Crippen molar-refractivity contribution in [2.75, 3.05) is 26.2 Å². The van der Waals surface area contributed by atoms with Crippen molar-refractivity contribution in [2.45, 2.75) is 39.2 Å². The van der Waals surface area contributed by atoms with E-state index in [4.69, 9.17) is 0 Å². The van der Waals surface area contributed by atoms with Gasteiger partial charge in [0.05, 0.1) is 6.61 Å². The summed E-state index contributed by atoms with van der Waals surface area (Å²) in [6.07, 6.45) is 3.20. The second kappa shape index (κ2) is 8.55. The van der Waals surface area contributed by atoms with E-state index in [0.717, 1.165) is 30.8 Å². The Morgan fingerprint density at radius 2 is 2.04 bits per heavy atom. The molecule has 0 aromatic carbocycles. The van der Waals surface area contributed by atoms with Crippen LogP contribution in [0.1, 0.15) is 41.4 Å². The fourth-order valence-electron chi connectivity index (χ4n) is 4.25. The molecule has 26 heavy (non-hydrogen) atoms. The molecule has 0 spiro atoms. The van der Waals surface area contributed by atoms with Gasteiger partial charge in [0.25, 0.3) is 11.5 Å². The van der Waals surface area contributed by atoms with E-state index in [1.165, 1.54) is 12.8 Å². The lowest BCUT2D eigenvalue weighted by Gasteiger charge is -2.20. The molecule has 0 unspecified atom stereocenters. The van der Waals surface area contributed by atoms with Crippen LogP contribution in [0.5, 0.6) is 0 Å². The predicted octanol–water partition coefficient (Wildman–Crippen LogP) is 1.11. The first-order valence-corrected chi connectivity index (χ1v) is 9.29. The second-order valence-electron chi connectivity index (χ2n) is 7.47. The number of carbonyl (C=O) groups is 1. The Balaban J connectivity index is 0.00000243. The summed E-state index contributed by atoms with van der Waals surface area (Å²) in [4.78, 5) is 27.6. The first-order valence-electron chi connectivity index (χ1n) is 9.29. The third kappa shape index (κ3) is 4.13. The van der Waals surface area contributed by atoms with E-state index in [-0.39, 0.29) is 42.1 Å². The van der Waals surface area contributed by atoms with E-state index in [1.54, 1.807) is 17.7 Å². The first kappa shape index (κ1) is 20.9. The number of aliphatic hydroxyl groups is 1. The molecule has 2 aliphatic rings. The van der Waals surface area contributed by atoms with Crippen LogP contribution in [0.15, 0.2) is 10.9 Å². The van der Waals surface area contributed by atoms with Crippen LogP contribution in [0, 0.1) is 18.8 Å². The van der Waals surface area contributed by atoms with Crippen LogP contribution in [0.3, 0.4) is 0 Å². The Labute approximate surface area is 161 Å². The van der Waals surface area contributed by atoms with E-state index in [0.29, 0.717) is 18.4 Å². The molecule has 7 heteroatoms. The molecule has 0 bridgehead atoms. The maximum absolute atomic E-state index is 12.8. The van der Waals surface area contributed by atoms with Crippen LogP contribution in [-0.4, -0.2) is 52.8 Å². The van der Waals surface area contributed by atoms with Gasteiger partial charge >= 0.3 is 0 Å². The van der Waals surface area contributed by atoms with Crippen molar-refractivity contribution in [2.24, 2.45) is 18.9 Å². The number of likely N-dealkylation sites (tertiary alicyclic amines) is 1. The summed E-state index contributed by atoms with van der Waals surface area (Å²) in [6.45, 7) is 6.40. The smallest absolute Gasteiger partial charge is 0.263 e. The largest absolute Gasteiger partial charge is 0.395 e. The molecule has 2 fully saturated rings. The molecule has 1 aromatic rings. The summed E-state index contributed by atoms with van der Waals surface area (Å²) < 4.78 is 1.59. The lowest BCUT2D eigenvalue weighted by molar-refractivity contribution is 0.0925. The molecular formula is C19H30ClN3O3. The zero-order valence-electron chi connectivity index (χ0n) is 15.8. The lowest BCUT2D eigenvalue weighted by Crippen LogP contribution is -2.43. The molecule has 1 saturated carbocycles. The molecule has 1 aromatic heterocycles. The van der Waals surface area contributed by atoms with E-state index in [9.17, 15) is 14.7 Å². The van der Waals surface area contributed by atoms with Crippen LogP contribution in [-0.2, 0) is 13.5 Å². The van der Waals surface area contributed by atoms with Crippen LogP contribution in [0.2, 0.25) is 0 Å². The van der Waals surface area contributed by atoms with Gasteiger partial charge in [0.15, 0.2) is 0 Å². The molecule has 2 atom stereocenters. The van der Waals surface area contributed by atoms with Gasteiger partial charge in [0.1, 0.15) is 5.56 Å². The summed E-state index contributed by atoms with van der Waals surface area (Å²) >= 11 is 0. The topological polar surface area (TPSA) is 74.6 Å². The number of hydrogen-bond donors (Lipinski definition) is 2. The average molecular weight is 384 g/mol. The number of pyridine rings is 1. The number of rotatable bonds is 6. The number of β-amino-alcohol motifs (C(OH)–C–C–N with tert-alkyl or cyclic N) is 1. The molecule has 1 aliphatic heterocycles. The Morgan fingerprint density at radius 1 is 1.35 bits per heavy atom. The van der Waals surface area contributed by atoms with Crippen LogP contribution in [0.4, 0.5) is 0 Å². The zero-order valence-corrected chi connectivity index (χ0v) is 16.6. The van der Waals surface area contributed by atoms with E-state index < -0.39 is 0 Å². The Hall–Kier alpha value is -1.37. The molecule has 2 N–H and O–H groups in total. The lowest BCUT2D eigenvalue weighted by atomic mass is 9.97. The standard InChI is InChI=1S/C19H29N3O3.ClH/c1-4-17-12(2)9-14(19(25)21(17)3)18(24)20-16-11-22(7-8-23)10-15(16)13-5-6-13;/h9,13,15-16,23H,4-8,10-11H2,1-3H3,(H,20,24);1H/t15-,16+;/m1./s1.